The van der Waals surface area contributed by atoms with Crippen molar-refractivity contribution in [1.82, 2.24) is 15.5 Å². The van der Waals surface area contributed by atoms with Crippen molar-refractivity contribution in [2.45, 2.75) is 88.9 Å². The molecule has 3 unspecified atom stereocenters. The van der Waals surface area contributed by atoms with Crippen molar-refractivity contribution < 1.29 is 19.5 Å². The Kier molecular flexibility index (Phi) is 7.31. The van der Waals surface area contributed by atoms with E-state index >= 15 is 0 Å². The predicted molar refractivity (Wildman–Crippen MR) is 122 cm³/mol. The van der Waals surface area contributed by atoms with E-state index in [1.165, 1.54) is 0 Å². The van der Waals surface area contributed by atoms with Crippen LogP contribution in [0.4, 0.5) is 0 Å². The van der Waals surface area contributed by atoms with Gasteiger partial charge in [0.15, 0.2) is 0 Å². The molecule has 2 bridgehead atoms. The predicted octanol–water partition coefficient (Wildman–Crippen LogP) is 1.78. The summed E-state index contributed by atoms with van der Waals surface area (Å²) in [5.41, 5.74) is 0. The molecule has 0 aliphatic carbocycles. The summed E-state index contributed by atoms with van der Waals surface area (Å²) in [5.74, 6) is -0.907. The van der Waals surface area contributed by atoms with Crippen LogP contribution in [-0.4, -0.2) is 69.0 Å². The first kappa shape index (κ1) is 24.4. The van der Waals surface area contributed by atoms with Gasteiger partial charge in [0.05, 0.1) is 29.2 Å². The molecule has 0 saturated carbocycles. The first-order chi connectivity index (χ1) is 14.6. The van der Waals surface area contributed by atoms with E-state index in [2.05, 4.69) is 31.4 Å². The minimum Gasteiger partial charge on any atom is -0.394 e. The van der Waals surface area contributed by atoms with Crippen molar-refractivity contribution in [3.05, 3.63) is 0 Å². The first-order valence-corrected chi connectivity index (χ1v) is 12.7. The maximum atomic E-state index is 13.9. The molecule has 1 spiro atoms. The van der Waals surface area contributed by atoms with E-state index in [1.807, 2.05) is 20.8 Å². The number of amides is 3. The van der Waals surface area contributed by atoms with Crippen molar-refractivity contribution in [2.75, 3.05) is 13.2 Å². The van der Waals surface area contributed by atoms with Crippen molar-refractivity contribution in [3.8, 4) is 0 Å². The molecule has 3 rings (SSSR count). The van der Waals surface area contributed by atoms with Crippen LogP contribution >= 0.6 is 11.8 Å². The molecule has 0 aromatic carbocycles. The van der Waals surface area contributed by atoms with E-state index in [4.69, 9.17) is 0 Å². The van der Waals surface area contributed by atoms with Crippen LogP contribution in [0.5, 0.6) is 0 Å². The molecule has 3 aliphatic rings. The molecule has 3 N–H and O–H groups in total. The van der Waals surface area contributed by atoms with E-state index < -0.39 is 28.7 Å². The number of hydrogen-bond donors (Lipinski definition) is 3. The first-order valence-electron chi connectivity index (χ1n) is 11.8. The molecule has 3 heterocycles. The third-order valence-electron chi connectivity index (χ3n) is 7.06. The summed E-state index contributed by atoms with van der Waals surface area (Å²) in [7, 11) is 0. The molecule has 3 aliphatic heterocycles. The largest absolute Gasteiger partial charge is 0.394 e. The quantitative estimate of drug-likeness (QED) is 0.494. The van der Waals surface area contributed by atoms with E-state index in [9.17, 15) is 19.5 Å². The van der Waals surface area contributed by atoms with E-state index in [0.717, 1.165) is 12.8 Å². The second-order valence-corrected chi connectivity index (χ2v) is 11.8. The number of nitrogens with one attached hydrogen (secondary N) is 2. The summed E-state index contributed by atoms with van der Waals surface area (Å²) >= 11 is 1.68. The Morgan fingerprint density at radius 1 is 1.26 bits per heavy atom. The lowest BCUT2D eigenvalue weighted by Gasteiger charge is -2.40. The van der Waals surface area contributed by atoms with Gasteiger partial charge >= 0.3 is 0 Å². The Hall–Kier alpha value is -1.28. The molecule has 7 nitrogen and oxygen atoms in total. The number of carbonyl (C=O) groups is 3. The summed E-state index contributed by atoms with van der Waals surface area (Å²) in [5, 5.41) is 16.3. The average Bonchev–Trinajstić information content (AvgIpc) is 3.27. The van der Waals surface area contributed by atoms with Gasteiger partial charge in [-0.1, -0.05) is 27.7 Å². The summed E-state index contributed by atoms with van der Waals surface area (Å²) in [6.07, 6.45) is 2.28. The van der Waals surface area contributed by atoms with Crippen molar-refractivity contribution in [3.63, 3.8) is 0 Å². The molecule has 0 aromatic heterocycles. The fourth-order valence-electron chi connectivity index (χ4n) is 6.00. The van der Waals surface area contributed by atoms with E-state index in [0.29, 0.717) is 13.0 Å². The van der Waals surface area contributed by atoms with Crippen LogP contribution in [-0.2, 0) is 14.4 Å². The average molecular weight is 454 g/mol. The lowest BCUT2D eigenvalue weighted by Crippen LogP contribution is -2.59. The van der Waals surface area contributed by atoms with Gasteiger partial charge in [0, 0.05) is 17.8 Å². The molecular formula is C23H39N3O4S. The second-order valence-electron chi connectivity index (χ2n) is 10.2. The molecule has 176 valence electrons. The summed E-state index contributed by atoms with van der Waals surface area (Å²) in [6, 6.07) is -1.15. The number of aliphatic hydroxyl groups is 1. The third kappa shape index (κ3) is 3.99. The van der Waals surface area contributed by atoms with Crippen LogP contribution in [0.3, 0.4) is 0 Å². The van der Waals surface area contributed by atoms with Gasteiger partial charge in [0.2, 0.25) is 17.7 Å². The van der Waals surface area contributed by atoms with Gasteiger partial charge in [-0.05, 0) is 44.9 Å². The standard InChI is InChI=1S/C23H39N3O4S/c1-7-8-24-20(28)17-16-10-14(6)23(31-16)18(17)22(30)26(15(11-27)9-12(2)3)19(23)21(29)25-13(4)5/h12-19,27H,7-11H2,1-6H3,(H,24,28)(H,25,29)/t14?,15-,16+,17-,18+,19?,23?/m1/s1. The van der Waals surface area contributed by atoms with E-state index in [1.54, 1.807) is 16.7 Å². The minimum absolute atomic E-state index is 0.0509. The summed E-state index contributed by atoms with van der Waals surface area (Å²) in [6.45, 7) is 12.4. The van der Waals surface area contributed by atoms with Gasteiger partial charge < -0.3 is 20.6 Å². The molecule has 0 radical (unpaired) electrons. The highest BCUT2D eigenvalue weighted by molar-refractivity contribution is 8.02. The normalized spacial score (nSPS) is 35.1. The molecule has 0 aromatic rings. The van der Waals surface area contributed by atoms with Gasteiger partial charge in [0.1, 0.15) is 6.04 Å². The topological polar surface area (TPSA) is 98.7 Å². The zero-order valence-corrected chi connectivity index (χ0v) is 20.5. The van der Waals surface area contributed by atoms with Crippen LogP contribution in [0.25, 0.3) is 0 Å². The van der Waals surface area contributed by atoms with Crippen molar-refractivity contribution in [2.24, 2.45) is 23.7 Å². The van der Waals surface area contributed by atoms with Gasteiger partial charge in [-0.2, -0.15) is 0 Å². The zero-order valence-electron chi connectivity index (χ0n) is 19.7. The lowest BCUT2D eigenvalue weighted by atomic mass is 9.66. The lowest BCUT2D eigenvalue weighted by molar-refractivity contribution is -0.143. The van der Waals surface area contributed by atoms with Crippen LogP contribution in [0.15, 0.2) is 0 Å². The van der Waals surface area contributed by atoms with Crippen LogP contribution in [0, 0.1) is 23.7 Å². The van der Waals surface area contributed by atoms with Crippen LogP contribution in [0.1, 0.15) is 60.8 Å². The highest BCUT2D eigenvalue weighted by atomic mass is 32.2. The van der Waals surface area contributed by atoms with Gasteiger partial charge in [0.25, 0.3) is 0 Å². The second kappa shape index (κ2) is 9.30. The number of fused-ring (bicyclic) bond motifs is 1. The SMILES string of the molecule is CCCNC(=O)[C@@H]1[C@@H]2CC(C)C3(S2)C(C(=O)NC(C)C)N([C@@H](CO)CC(C)C)C(=O)[C@H]13. The van der Waals surface area contributed by atoms with Gasteiger partial charge in [-0.3, -0.25) is 14.4 Å². The fraction of sp³-hybridized carbons (Fsp3) is 0.870. The molecule has 31 heavy (non-hydrogen) atoms. The number of nitrogens with zero attached hydrogens (tertiary/aromatic N) is 1. The monoisotopic (exact) mass is 453 g/mol. The maximum absolute atomic E-state index is 13.9. The summed E-state index contributed by atoms with van der Waals surface area (Å²) in [4.78, 5) is 42.2. The number of likely N-dealkylation sites (tertiary alicyclic amines) is 1. The zero-order chi connectivity index (χ0) is 23.1. The number of aliphatic hydroxyl groups excluding tert-OH is 1. The number of thioether (sulfide) groups is 1. The molecular weight excluding hydrogens is 414 g/mol. The van der Waals surface area contributed by atoms with Gasteiger partial charge in [-0.15, -0.1) is 11.8 Å². The van der Waals surface area contributed by atoms with E-state index in [-0.39, 0.29) is 47.5 Å². The third-order valence-corrected chi connectivity index (χ3v) is 9.14. The molecule has 3 fully saturated rings. The molecule has 7 atom stereocenters. The highest BCUT2D eigenvalue weighted by Crippen LogP contribution is 2.68. The summed E-state index contributed by atoms with van der Waals surface area (Å²) < 4.78 is -0.626. The molecule has 3 saturated heterocycles. The number of rotatable bonds is 9. The van der Waals surface area contributed by atoms with Gasteiger partial charge in [-0.25, -0.2) is 0 Å². The Balaban J connectivity index is 2.06. The fourth-order valence-corrected chi connectivity index (χ4v) is 8.41. The van der Waals surface area contributed by atoms with Crippen molar-refractivity contribution in [1.29, 1.82) is 0 Å². The minimum atomic E-state index is -0.669. The smallest absolute Gasteiger partial charge is 0.244 e. The number of hydrogen-bond acceptors (Lipinski definition) is 5. The van der Waals surface area contributed by atoms with Crippen LogP contribution < -0.4 is 10.6 Å². The molecule has 8 heteroatoms. The highest BCUT2D eigenvalue weighted by Gasteiger charge is 2.76. The Labute approximate surface area is 190 Å². The van der Waals surface area contributed by atoms with Crippen molar-refractivity contribution >= 4 is 29.5 Å². The Bertz CT molecular complexity index is 715. The number of carbonyl (C=O) groups excluding carboxylic acids is 3. The Morgan fingerprint density at radius 3 is 2.48 bits per heavy atom. The Morgan fingerprint density at radius 2 is 1.94 bits per heavy atom. The van der Waals surface area contributed by atoms with Crippen LogP contribution in [0.2, 0.25) is 0 Å². The maximum Gasteiger partial charge on any atom is 0.244 e. The molecule has 3 amide bonds.